The lowest BCUT2D eigenvalue weighted by Gasteiger charge is -2.36. The van der Waals surface area contributed by atoms with Crippen LogP contribution in [0.1, 0.15) is 21.0 Å². The molecule has 2 aromatic carbocycles. The van der Waals surface area contributed by atoms with Crippen LogP contribution in [0.3, 0.4) is 0 Å². The fraction of sp³-hybridized carbons (Fsp3) is 0.172. The minimum Gasteiger partial charge on any atom is -0.457 e. The van der Waals surface area contributed by atoms with Crippen molar-refractivity contribution < 1.29 is 14.0 Å². The number of nitrogens with zero attached hydrogens (tertiary/aromatic N) is 2. The largest absolute Gasteiger partial charge is 0.457 e. The van der Waals surface area contributed by atoms with Crippen molar-refractivity contribution in [3.63, 3.8) is 0 Å². The summed E-state index contributed by atoms with van der Waals surface area (Å²) < 4.78 is 5.83. The standard InChI is InChI=1S/C29H25Cl2N3O3S/c1-19-4-5-20(17-23(19)30)26-10-7-22(37-26)8-11-28(35)32-21-6-9-25(24(31)18-21)33-12-14-34(15-13-33)29(36)27-3-2-16-38-27/h2-11,16-18H,12-15H2,1H3,(H,32,35). The number of rotatable bonds is 6. The van der Waals surface area contributed by atoms with Crippen LogP contribution in [0.5, 0.6) is 0 Å². The molecule has 0 spiro atoms. The molecule has 1 N–H and O–H groups in total. The van der Waals surface area contributed by atoms with Crippen molar-refractivity contribution in [2.24, 2.45) is 0 Å². The molecule has 4 aromatic rings. The Bertz CT molecular complexity index is 1490. The summed E-state index contributed by atoms with van der Waals surface area (Å²) in [6.07, 6.45) is 3.03. The molecule has 0 aliphatic carbocycles. The first-order chi connectivity index (χ1) is 18.4. The second kappa shape index (κ2) is 11.5. The minimum atomic E-state index is -0.300. The van der Waals surface area contributed by atoms with Gasteiger partial charge in [-0.25, -0.2) is 0 Å². The Morgan fingerprint density at radius 1 is 0.974 bits per heavy atom. The molecule has 2 aromatic heterocycles. The summed E-state index contributed by atoms with van der Waals surface area (Å²) >= 11 is 14.2. The second-order valence-electron chi connectivity index (χ2n) is 8.91. The Balaban J connectivity index is 1.16. The Hall–Kier alpha value is -3.52. The van der Waals surface area contributed by atoms with Gasteiger partial charge in [0.25, 0.3) is 5.91 Å². The van der Waals surface area contributed by atoms with E-state index in [4.69, 9.17) is 27.6 Å². The van der Waals surface area contributed by atoms with Gasteiger partial charge < -0.3 is 19.5 Å². The van der Waals surface area contributed by atoms with E-state index in [0.717, 1.165) is 21.7 Å². The number of amides is 2. The van der Waals surface area contributed by atoms with Crippen molar-refractivity contribution in [1.82, 2.24) is 4.90 Å². The zero-order chi connectivity index (χ0) is 26.6. The molecule has 9 heteroatoms. The lowest BCUT2D eigenvalue weighted by Crippen LogP contribution is -2.48. The average molecular weight is 567 g/mol. The van der Waals surface area contributed by atoms with Crippen LogP contribution < -0.4 is 10.2 Å². The quantitative estimate of drug-likeness (QED) is 0.250. The van der Waals surface area contributed by atoms with E-state index in [1.165, 1.54) is 17.4 Å². The van der Waals surface area contributed by atoms with Crippen molar-refractivity contribution in [2.45, 2.75) is 6.92 Å². The lowest BCUT2D eigenvalue weighted by molar-refractivity contribution is -0.111. The number of anilines is 2. The molecule has 194 valence electrons. The van der Waals surface area contributed by atoms with Gasteiger partial charge in [-0.1, -0.05) is 41.4 Å². The summed E-state index contributed by atoms with van der Waals surface area (Å²) in [6, 6.07) is 18.6. The van der Waals surface area contributed by atoms with Gasteiger partial charge in [0.15, 0.2) is 0 Å². The molecule has 0 atom stereocenters. The predicted octanol–water partition coefficient (Wildman–Crippen LogP) is 7.24. The highest BCUT2D eigenvalue weighted by Gasteiger charge is 2.24. The number of piperazine rings is 1. The van der Waals surface area contributed by atoms with Gasteiger partial charge in [-0.15, -0.1) is 11.3 Å². The summed E-state index contributed by atoms with van der Waals surface area (Å²) in [5, 5.41) is 5.96. The molecule has 1 aliphatic heterocycles. The van der Waals surface area contributed by atoms with Crippen molar-refractivity contribution in [1.29, 1.82) is 0 Å². The fourth-order valence-corrected chi connectivity index (χ4v) is 5.40. The van der Waals surface area contributed by atoms with E-state index in [-0.39, 0.29) is 11.8 Å². The van der Waals surface area contributed by atoms with Crippen LogP contribution in [-0.4, -0.2) is 42.9 Å². The molecule has 2 amide bonds. The molecule has 1 aliphatic rings. The van der Waals surface area contributed by atoms with Gasteiger partial charge in [-0.2, -0.15) is 0 Å². The maximum absolute atomic E-state index is 12.6. The SMILES string of the molecule is Cc1ccc(-c2ccc(C=CC(=O)Nc3ccc(N4CCN(C(=O)c5cccs5)CC4)c(Cl)c3)o2)cc1Cl. The Morgan fingerprint density at radius 2 is 1.79 bits per heavy atom. The Labute approximate surface area is 235 Å². The van der Waals surface area contributed by atoms with Crippen molar-refractivity contribution in [3.05, 3.63) is 98.4 Å². The number of hydrogen-bond donors (Lipinski definition) is 1. The first kappa shape index (κ1) is 26.1. The zero-order valence-electron chi connectivity index (χ0n) is 20.6. The number of carbonyl (C=O) groups is 2. The first-order valence-electron chi connectivity index (χ1n) is 12.1. The molecular formula is C29H25Cl2N3O3S. The monoisotopic (exact) mass is 565 g/mol. The molecule has 0 radical (unpaired) electrons. The number of hydrogen-bond acceptors (Lipinski definition) is 5. The summed E-state index contributed by atoms with van der Waals surface area (Å²) in [4.78, 5) is 29.9. The van der Waals surface area contributed by atoms with Crippen molar-refractivity contribution in [3.8, 4) is 11.3 Å². The first-order valence-corrected chi connectivity index (χ1v) is 13.7. The zero-order valence-corrected chi connectivity index (χ0v) is 22.9. The highest BCUT2D eigenvalue weighted by Crippen LogP contribution is 2.30. The van der Waals surface area contributed by atoms with Crippen LogP contribution in [-0.2, 0) is 4.79 Å². The normalized spacial score (nSPS) is 13.8. The molecule has 38 heavy (non-hydrogen) atoms. The number of thiophene rings is 1. The molecular weight excluding hydrogens is 541 g/mol. The number of nitrogens with one attached hydrogen (secondary N) is 1. The summed E-state index contributed by atoms with van der Waals surface area (Å²) in [7, 11) is 0. The fourth-order valence-electron chi connectivity index (χ4n) is 4.23. The molecule has 3 heterocycles. The second-order valence-corrected chi connectivity index (χ2v) is 10.7. The van der Waals surface area contributed by atoms with E-state index in [2.05, 4.69) is 10.2 Å². The molecule has 6 nitrogen and oxygen atoms in total. The lowest BCUT2D eigenvalue weighted by atomic mass is 10.1. The maximum Gasteiger partial charge on any atom is 0.264 e. The Kier molecular flexibility index (Phi) is 7.88. The third-order valence-electron chi connectivity index (χ3n) is 6.34. The molecule has 0 saturated carbocycles. The molecule has 0 unspecified atom stereocenters. The van der Waals surface area contributed by atoms with E-state index in [9.17, 15) is 9.59 Å². The van der Waals surface area contributed by atoms with Crippen molar-refractivity contribution >= 4 is 63.8 Å². The summed E-state index contributed by atoms with van der Waals surface area (Å²) in [5.41, 5.74) is 3.34. The molecule has 0 bridgehead atoms. The van der Waals surface area contributed by atoms with Crippen LogP contribution in [0.25, 0.3) is 17.4 Å². The number of furan rings is 1. The summed E-state index contributed by atoms with van der Waals surface area (Å²) in [6.45, 7) is 4.57. The highest BCUT2D eigenvalue weighted by atomic mass is 35.5. The van der Waals surface area contributed by atoms with Crippen LogP contribution in [0, 0.1) is 6.92 Å². The number of carbonyl (C=O) groups excluding carboxylic acids is 2. The van der Waals surface area contributed by atoms with E-state index in [0.29, 0.717) is 53.4 Å². The van der Waals surface area contributed by atoms with E-state index in [1.54, 1.807) is 18.2 Å². The molecule has 1 saturated heterocycles. The summed E-state index contributed by atoms with van der Waals surface area (Å²) in [5.74, 6) is 0.996. The van der Waals surface area contributed by atoms with Gasteiger partial charge in [0, 0.05) is 48.5 Å². The van der Waals surface area contributed by atoms with Gasteiger partial charge >= 0.3 is 0 Å². The van der Waals surface area contributed by atoms with Gasteiger partial charge in [0.05, 0.1) is 15.6 Å². The van der Waals surface area contributed by atoms with Crippen LogP contribution in [0.2, 0.25) is 10.0 Å². The van der Waals surface area contributed by atoms with Crippen LogP contribution in [0.15, 0.2) is 76.5 Å². The molecule has 5 rings (SSSR count). The van der Waals surface area contributed by atoms with Gasteiger partial charge in [0.2, 0.25) is 5.91 Å². The smallest absolute Gasteiger partial charge is 0.264 e. The number of benzene rings is 2. The van der Waals surface area contributed by atoms with Crippen LogP contribution >= 0.6 is 34.5 Å². The van der Waals surface area contributed by atoms with Gasteiger partial charge in [-0.3, -0.25) is 9.59 Å². The van der Waals surface area contributed by atoms with Crippen LogP contribution in [0.4, 0.5) is 11.4 Å². The average Bonchev–Trinajstić information content (AvgIpc) is 3.62. The third kappa shape index (κ3) is 5.96. The maximum atomic E-state index is 12.6. The third-order valence-corrected chi connectivity index (χ3v) is 7.90. The predicted molar refractivity (Wildman–Crippen MR) is 155 cm³/mol. The van der Waals surface area contributed by atoms with E-state index in [1.807, 2.05) is 65.7 Å². The minimum absolute atomic E-state index is 0.0715. The number of halogens is 2. The number of aryl methyl sites for hydroxylation is 1. The molecule has 1 fully saturated rings. The topological polar surface area (TPSA) is 65.8 Å². The van der Waals surface area contributed by atoms with E-state index < -0.39 is 0 Å². The highest BCUT2D eigenvalue weighted by molar-refractivity contribution is 7.12. The Morgan fingerprint density at radius 3 is 2.50 bits per heavy atom. The van der Waals surface area contributed by atoms with Gasteiger partial charge in [0.1, 0.15) is 11.5 Å². The van der Waals surface area contributed by atoms with Gasteiger partial charge in [-0.05, 0) is 66.4 Å². The van der Waals surface area contributed by atoms with E-state index >= 15 is 0 Å². The van der Waals surface area contributed by atoms with Crippen molar-refractivity contribution in [2.75, 3.05) is 36.4 Å².